The lowest BCUT2D eigenvalue weighted by Gasteiger charge is -2.44. The Morgan fingerprint density at radius 1 is 0.810 bits per heavy atom. The molecule has 0 saturated carbocycles. The summed E-state index contributed by atoms with van der Waals surface area (Å²) >= 11 is 0. The predicted octanol–water partition coefficient (Wildman–Crippen LogP) is 8.97. The van der Waals surface area contributed by atoms with E-state index in [9.17, 15) is 24.0 Å². The van der Waals surface area contributed by atoms with Gasteiger partial charge in [0.1, 0.15) is 5.82 Å². The van der Waals surface area contributed by atoms with Crippen LogP contribution >= 0.6 is 0 Å². The van der Waals surface area contributed by atoms with E-state index >= 15 is 0 Å². The molecule has 63 heavy (non-hydrogen) atoms. The fourth-order valence-corrected chi connectivity index (χ4v) is 9.15. The van der Waals surface area contributed by atoms with Gasteiger partial charge in [-0.25, -0.2) is 14.6 Å². The Morgan fingerprint density at radius 3 is 2.16 bits per heavy atom. The molecule has 4 amide bonds. The number of hydrogen-bond donors (Lipinski definition) is 3. The molecule has 0 radical (unpaired) electrons. The Bertz CT molecular complexity index is 2610. The molecular formula is C49H59N7O7. The molecule has 7 rings (SSSR count). The number of pyridine rings is 1. The first-order chi connectivity index (χ1) is 30.1. The van der Waals surface area contributed by atoms with E-state index in [0.717, 1.165) is 64.7 Å². The summed E-state index contributed by atoms with van der Waals surface area (Å²) in [6.45, 7) is 12.7. The van der Waals surface area contributed by atoms with Crippen LogP contribution in [0.4, 0.5) is 9.59 Å². The van der Waals surface area contributed by atoms with Gasteiger partial charge in [0.05, 0.1) is 61.1 Å². The highest BCUT2D eigenvalue weighted by Gasteiger charge is 2.44. The lowest BCUT2D eigenvalue weighted by molar-refractivity contribution is -0.142. The van der Waals surface area contributed by atoms with Crippen molar-refractivity contribution < 1.29 is 28.7 Å². The van der Waals surface area contributed by atoms with Crippen molar-refractivity contribution in [1.29, 1.82) is 0 Å². The fourth-order valence-electron chi connectivity index (χ4n) is 9.15. The molecule has 0 bridgehead atoms. The molecule has 0 spiro atoms. The van der Waals surface area contributed by atoms with Crippen molar-refractivity contribution in [3.63, 3.8) is 0 Å². The van der Waals surface area contributed by atoms with Gasteiger partial charge in [0.15, 0.2) is 5.43 Å². The lowest BCUT2D eigenvalue weighted by atomic mass is 9.76. The van der Waals surface area contributed by atoms with Crippen LogP contribution in [0.5, 0.6) is 0 Å². The number of carbonyl (C=O) groups excluding carboxylic acids is 4. The molecule has 5 atom stereocenters. The van der Waals surface area contributed by atoms with Crippen molar-refractivity contribution in [3.8, 4) is 22.4 Å². The largest absolute Gasteiger partial charge is 0.453 e. The maximum atomic E-state index is 14.3. The summed E-state index contributed by atoms with van der Waals surface area (Å²) in [5.41, 5.74) is 4.17. The number of rotatable bonds is 11. The smallest absolute Gasteiger partial charge is 0.432 e. The predicted molar refractivity (Wildman–Crippen MR) is 244 cm³/mol. The van der Waals surface area contributed by atoms with Crippen LogP contribution in [0.1, 0.15) is 97.2 Å². The Hall–Kier alpha value is -6.31. The minimum Gasteiger partial charge on any atom is -0.453 e. The quantitative estimate of drug-likeness (QED) is 0.110. The van der Waals surface area contributed by atoms with Crippen molar-refractivity contribution in [2.75, 3.05) is 27.3 Å². The molecule has 2 aliphatic heterocycles. The van der Waals surface area contributed by atoms with E-state index < -0.39 is 29.6 Å². The molecule has 5 unspecified atom stereocenters. The highest BCUT2D eigenvalue weighted by Crippen LogP contribution is 2.37. The van der Waals surface area contributed by atoms with Crippen molar-refractivity contribution in [2.45, 2.75) is 91.3 Å². The van der Waals surface area contributed by atoms with Crippen LogP contribution in [0.2, 0.25) is 0 Å². The topological polar surface area (TPSA) is 179 Å². The molecule has 3 aromatic carbocycles. The van der Waals surface area contributed by atoms with Crippen molar-refractivity contribution >= 4 is 51.9 Å². The van der Waals surface area contributed by atoms with E-state index in [1.165, 1.54) is 20.4 Å². The average molecular weight is 858 g/mol. The summed E-state index contributed by atoms with van der Waals surface area (Å²) in [6.07, 6.45) is 5.99. The first kappa shape index (κ1) is 44.7. The van der Waals surface area contributed by atoms with Gasteiger partial charge in [0, 0.05) is 42.0 Å². The number of likely N-dealkylation sites (tertiary alicyclic amines) is 2. The van der Waals surface area contributed by atoms with Gasteiger partial charge in [-0.3, -0.25) is 14.4 Å². The first-order valence-electron chi connectivity index (χ1n) is 22.0. The van der Waals surface area contributed by atoms with Gasteiger partial charge >= 0.3 is 12.2 Å². The van der Waals surface area contributed by atoms with E-state index in [-0.39, 0.29) is 41.2 Å². The van der Waals surface area contributed by atoms with Gasteiger partial charge < -0.3 is 34.6 Å². The van der Waals surface area contributed by atoms with Crippen molar-refractivity contribution in [2.24, 2.45) is 28.7 Å². The summed E-state index contributed by atoms with van der Waals surface area (Å²) in [5.74, 6) is -0.688. The van der Waals surface area contributed by atoms with E-state index in [1.54, 1.807) is 6.07 Å². The van der Waals surface area contributed by atoms with Crippen LogP contribution in [0.3, 0.4) is 0 Å². The number of H-pyrrole nitrogens is 2. The summed E-state index contributed by atoms with van der Waals surface area (Å²) in [6, 6.07) is 19.4. The number of piperidine rings is 1. The molecular weight excluding hydrogens is 799 g/mol. The number of nitrogens with one attached hydrogen (secondary N) is 3. The van der Waals surface area contributed by atoms with Crippen LogP contribution in [0.25, 0.3) is 44.1 Å². The monoisotopic (exact) mass is 857 g/mol. The Labute approximate surface area is 367 Å². The van der Waals surface area contributed by atoms with E-state index in [4.69, 9.17) is 9.72 Å². The number of benzene rings is 3. The second-order valence-corrected chi connectivity index (χ2v) is 17.8. The molecule has 3 N–H and O–H groups in total. The van der Waals surface area contributed by atoms with Crippen LogP contribution < -0.4 is 10.7 Å². The number of alkyl carbamates (subject to hydrolysis) is 1. The van der Waals surface area contributed by atoms with E-state index in [0.29, 0.717) is 36.1 Å². The highest BCUT2D eigenvalue weighted by atomic mass is 16.5. The number of aromatic nitrogens is 3. The number of imidazole rings is 1. The molecule has 332 valence electrons. The zero-order valence-electron chi connectivity index (χ0n) is 37.5. The summed E-state index contributed by atoms with van der Waals surface area (Å²) < 4.78 is 9.55. The third-order valence-corrected chi connectivity index (χ3v) is 13.5. The molecule has 5 aromatic rings. The maximum Gasteiger partial charge on any atom is 0.432 e. The number of nitrogens with zero attached hydrogens (tertiary/aromatic N) is 4. The average Bonchev–Trinajstić information content (AvgIpc) is 3.98. The van der Waals surface area contributed by atoms with Crippen molar-refractivity contribution in [1.82, 2.24) is 30.1 Å². The van der Waals surface area contributed by atoms with Gasteiger partial charge in [-0.15, -0.1) is 0 Å². The molecule has 14 nitrogen and oxygen atoms in total. The summed E-state index contributed by atoms with van der Waals surface area (Å²) in [4.78, 5) is 84.9. The van der Waals surface area contributed by atoms with Gasteiger partial charge in [0.2, 0.25) is 11.8 Å². The summed E-state index contributed by atoms with van der Waals surface area (Å²) in [7, 11) is 2.57. The third kappa shape index (κ3) is 9.12. The Morgan fingerprint density at radius 2 is 1.46 bits per heavy atom. The van der Waals surface area contributed by atoms with E-state index in [1.807, 2.05) is 75.7 Å². The standard InChI is InChI=1S/C49H59N7O7/c1-28(2)37(26-51-47(60)62-7)46(59)56-21-11-13-42(56)44-50-27-40(53-44)35-17-16-31-22-32(14-15-33(31)23-35)34-18-19-36-38(24-34)52-39(25-43(36)57)41-12-9-10-20-55(41)45(58)30(5)49(6,29(3)4)54-48(61)63-8/h14-19,22-30,37,41-42H,9-13,20-21H2,1-8H3,(H,50,53)(H,52,57)(H,54,61). The molecule has 2 saturated heterocycles. The van der Waals surface area contributed by atoms with Gasteiger partial charge in [-0.2, -0.15) is 4.99 Å². The second kappa shape index (κ2) is 18.6. The molecule has 2 aromatic heterocycles. The number of aromatic amines is 2. The number of aliphatic imine (C=N–C) groups is 1. The van der Waals surface area contributed by atoms with Crippen LogP contribution in [-0.2, 0) is 19.1 Å². The van der Waals surface area contributed by atoms with Gasteiger partial charge in [-0.1, -0.05) is 65.0 Å². The van der Waals surface area contributed by atoms with Crippen LogP contribution in [-0.4, -0.2) is 87.8 Å². The number of carbonyl (C=O) groups is 4. The zero-order chi connectivity index (χ0) is 45.2. The Balaban J connectivity index is 1.11. The number of methoxy groups -OCH3 is 2. The normalized spacial score (nSPS) is 18.8. The maximum absolute atomic E-state index is 14.3. The number of amides is 4. The summed E-state index contributed by atoms with van der Waals surface area (Å²) in [5, 5.41) is 5.58. The number of fused-ring (bicyclic) bond motifs is 2. The lowest BCUT2D eigenvalue weighted by Crippen LogP contribution is -2.59. The molecule has 14 heteroatoms. The molecule has 0 aliphatic carbocycles. The molecule has 2 aliphatic rings. The SMILES string of the molecule is COC(=O)N=CC(C(=O)N1CCCC1c1ncc(-c2ccc3cc(-c4ccc5c(=O)cc(C6CCCCN6C(=O)C(C)C(C)(NC(=O)OC)C(C)C)[nH]c5c4)ccc3c2)[nH]1)C(C)C. The highest BCUT2D eigenvalue weighted by molar-refractivity contribution is 5.97. The minimum absolute atomic E-state index is 0.0555. The first-order valence-corrected chi connectivity index (χ1v) is 22.0. The molecule has 2 fully saturated rings. The number of hydrogen-bond acceptors (Lipinski definition) is 8. The van der Waals surface area contributed by atoms with Crippen LogP contribution in [0, 0.1) is 23.7 Å². The fraction of sp³-hybridized carbons (Fsp3) is 0.449. The zero-order valence-corrected chi connectivity index (χ0v) is 37.5. The van der Waals surface area contributed by atoms with E-state index in [2.05, 4.69) is 61.4 Å². The minimum atomic E-state index is -0.855. The number of ether oxygens (including phenoxy) is 2. The molecule has 4 heterocycles. The van der Waals surface area contributed by atoms with Crippen LogP contribution in [0.15, 0.2) is 76.6 Å². The Kier molecular flexibility index (Phi) is 13.2. The van der Waals surface area contributed by atoms with Gasteiger partial charge in [0.25, 0.3) is 0 Å². The third-order valence-electron chi connectivity index (χ3n) is 13.5. The second-order valence-electron chi connectivity index (χ2n) is 17.8. The van der Waals surface area contributed by atoms with Gasteiger partial charge in [-0.05, 0) is 97.0 Å². The van der Waals surface area contributed by atoms with Crippen molar-refractivity contribution in [3.05, 3.63) is 88.6 Å².